The van der Waals surface area contributed by atoms with Gasteiger partial charge in [0.15, 0.2) is 4.34 Å². The number of aromatic amines is 1. The lowest BCUT2D eigenvalue weighted by molar-refractivity contribution is -0.117. The van der Waals surface area contributed by atoms with Crippen molar-refractivity contribution in [3.05, 3.63) is 51.0 Å². The lowest BCUT2D eigenvalue weighted by Gasteiger charge is -2.09. The van der Waals surface area contributed by atoms with Crippen molar-refractivity contribution in [1.29, 1.82) is 0 Å². The molecule has 0 fully saturated rings. The SMILES string of the molecule is Cc1nc(SC(C)c2nc3ccccc3c(=O)[nH]2)sc1CC(N)=O. The number of carbonyl (C=O) groups is 1. The number of aryl methyl sites for hydroxylation is 1. The number of carbonyl (C=O) groups excluding carboxylic acids is 1. The molecule has 124 valence electrons. The first-order valence-corrected chi connectivity index (χ1v) is 9.04. The molecular formula is C16H16N4O2S2. The Morgan fingerprint density at radius 1 is 1.38 bits per heavy atom. The zero-order valence-electron chi connectivity index (χ0n) is 13.2. The molecule has 1 atom stereocenters. The molecule has 0 aliphatic rings. The summed E-state index contributed by atoms with van der Waals surface area (Å²) in [6.45, 7) is 3.82. The Kier molecular flexibility index (Phi) is 4.68. The number of primary amides is 1. The summed E-state index contributed by atoms with van der Waals surface area (Å²) in [7, 11) is 0. The number of hydrogen-bond donors (Lipinski definition) is 2. The molecule has 24 heavy (non-hydrogen) atoms. The topological polar surface area (TPSA) is 102 Å². The van der Waals surface area contributed by atoms with E-state index in [9.17, 15) is 9.59 Å². The molecule has 0 spiro atoms. The molecule has 2 heterocycles. The minimum atomic E-state index is -0.369. The summed E-state index contributed by atoms with van der Waals surface area (Å²) in [6, 6.07) is 7.25. The molecule has 1 amide bonds. The van der Waals surface area contributed by atoms with E-state index in [1.165, 1.54) is 23.1 Å². The molecule has 1 unspecified atom stereocenters. The second kappa shape index (κ2) is 6.74. The summed E-state index contributed by atoms with van der Waals surface area (Å²) in [5, 5.41) is 0.501. The number of H-pyrrole nitrogens is 1. The maximum atomic E-state index is 12.2. The van der Waals surface area contributed by atoms with E-state index >= 15 is 0 Å². The van der Waals surface area contributed by atoms with Gasteiger partial charge in [-0.15, -0.1) is 11.3 Å². The van der Waals surface area contributed by atoms with Crippen LogP contribution < -0.4 is 11.3 Å². The Bertz CT molecular complexity index is 964. The van der Waals surface area contributed by atoms with Crippen LogP contribution in [0.3, 0.4) is 0 Å². The number of nitrogens with zero attached hydrogens (tertiary/aromatic N) is 2. The van der Waals surface area contributed by atoms with Gasteiger partial charge < -0.3 is 10.7 Å². The van der Waals surface area contributed by atoms with Gasteiger partial charge in [0.25, 0.3) is 5.56 Å². The van der Waals surface area contributed by atoms with Crippen LogP contribution >= 0.6 is 23.1 Å². The molecule has 0 saturated carbocycles. The molecule has 0 aliphatic heterocycles. The van der Waals surface area contributed by atoms with Crippen LogP contribution in [0.15, 0.2) is 33.4 Å². The van der Waals surface area contributed by atoms with Crippen molar-refractivity contribution < 1.29 is 4.79 Å². The molecule has 0 bridgehead atoms. The van der Waals surface area contributed by atoms with E-state index in [1.54, 1.807) is 6.07 Å². The van der Waals surface area contributed by atoms with E-state index in [1.807, 2.05) is 32.0 Å². The average Bonchev–Trinajstić information content (AvgIpc) is 2.86. The summed E-state index contributed by atoms with van der Waals surface area (Å²) in [4.78, 5) is 36.0. The van der Waals surface area contributed by atoms with Crippen LogP contribution in [0.4, 0.5) is 0 Å². The lowest BCUT2D eigenvalue weighted by atomic mass is 10.2. The molecule has 2 aromatic heterocycles. The van der Waals surface area contributed by atoms with Gasteiger partial charge in [-0.05, 0) is 26.0 Å². The summed E-state index contributed by atoms with van der Waals surface area (Å²) in [5.41, 5.74) is 6.59. The third-order valence-corrected chi connectivity index (χ3v) is 5.86. The van der Waals surface area contributed by atoms with E-state index in [2.05, 4.69) is 15.0 Å². The van der Waals surface area contributed by atoms with Gasteiger partial charge in [-0.25, -0.2) is 9.97 Å². The zero-order chi connectivity index (χ0) is 17.3. The first-order chi connectivity index (χ1) is 11.4. The molecule has 3 rings (SSSR count). The van der Waals surface area contributed by atoms with Gasteiger partial charge >= 0.3 is 0 Å². The van der Waals surface area contributed by atoms with Crippen LogP contribution in [-0.4, -0.2) is 20.9 Å². The molecule has 3 aromatic rings. The largest absolute Gasteiger partial charge is 0.369 e. The van der Waals surface area contributed by atoms with E-state index in [0.29, 0.717) is 16.7 Å². The van der Waals surface area contributed by atoms with Gasteiger partial charge in [-0.3, -0.25) is 9.59 Å². The van der Waals surface area contributed by atoms with Crippen LogP contribution in [-0.2, 0) is 11.2 Å². The van der Waals surface area contributed by atoms with E-state index in [0.717, 1.165) is 14.9 Å². The van der Waals surface area contributed by atoms with E-state index in [-0.39, 0.29) is 23.1 Å². The van der Waals surface area contributed by atoms with Crippen LogP contribution in [0.2, 0.25) is 0 Å². The third-order valence-electron chi connectivity index (χ3n) is 3.50. The van der Waals surface area contributed by atoms with Crippen molar-refractivity contribution in [2.45, 2.75) is 29.9 Å². The van der Waals surface area contributed by atoms with E-state index < -0.39 is 0 Å². The Labute approximate surface area is 146 Å². The number of para-hydroxylation sites is 1. The maximum Gasteiger partial charge on any atom is 0.258 e. The van der Waals surface area contributed by atoms with Crippen molar-refractivity contribution in [3.63, 3.8) is 0 Å². The smallest absolute Gasteiger partial charge is 0.258 e. The number of rotatable bonds is 5. The third kappa shape index (κ3) is 3.49. The van der Waals surface area contributed by atoms with Crippen molar-refractivity contribution >= 4 is 39.9 Å². The number of benzene rings is 1. The van der Waals surface area contributed by atoms with Gasteiger partial charge in [-0.2, -0.15) is 0 Å². The first-order valence-electron chi connectivity index (χ1n) is 7.34. The second-order valence-electron chi connectivity index (χ2n) is 5.36. The summed E-state index contributed by atoms with van der Waals surface area (Å²) in [6.07, 6.45) is 0.198. The van der Waals surface area contributed by atoms with Crippen molar-refractivity contribution in [2.75, 3.05) is 0 Å². The minimum Gasteiger partial charge on any atom is -0.369 e. The van der Waals surface area contributed by atoms with E-state index in [4.69, 9.17) is 5.73 Å². The highest BCUT2D eigenvalue weighted by molar-refractivity contribution is 8.01. The second-order valence-corrected chi connectivity index (χ2v) is 8.03. The molecule has 0 saturated heterocycles. The molecule has 0 aliphatic carbocycles. The summed E-state index contributed by atoms with van der Waals surface area (Å²) < 4.78 is 0.826. The molecule has 3 N–H and O–H groups in total. The van der Waals surface area contributed by atoms with Gasteiger partial charge in [0.05, 0.1) is 28.3 Å². The maximum absolute atomic E-state index is 12.2. The normalized spacial score (nSPS) is 12.4. The van der Waals surface area contributed by atoms with Crippen LogP contribution in [0.25, 0.3) is 10.9 Å². The highest BCUT2D eigenvalue weighted by atomic mass is 32.2. The van der Waals surface area contributed by atoms with Crippen LogP contribution in [0, 0.1) is 6.92 Å². The predicted molar refractivity (Wildman–Crippen MR) is 96.4 cm³/mol. The fourth-order valence-electron chi connectivity index (χ4n) is 2.28. The molecule has 8 heteroatoms. The van der Waals surface area contributed by atoms with Gasteiger partial charge in [0.1, 0.15) is 5.82 Å². The van der Waals surface area contributed by atoms with Crippen molar-refractivity contribution in [1.82, 2.24) is 15.0 Å². The summed E-state index contributed by atoms with van der Waals surface area (Å²) >= 11 is 2.95. The number of hydrogen-bond acceptors (Lipinski definition) is 6. The van der Waals surface area contributed by atoms with Gasteiger partial charge in [0, 0.05) is 4.88 Å². The average molecular weight is 360 g/mol. The molecular weight excluding hydrogens is 344 g/mol. The number of amides is 1. The van der Waals surface area contributed by atoms with Gasteiger partial charge in [-0.1, -0.05) is 23.9 Å². The van der Waals surface area contributed by atoms with Crippen LogP contribution in [0.1, 0.15) is 28.6 Å². The molecule has 0 radical (unpaired) electrons. The highest BCUT2D eigenvalue weighted by Gasteiger charge is 2.16. The fourth-order valence-corrected chi connectivity index (χ4v) is 4.72. The molecule has 6 nitrogen and oxygen atoms in total. The summed E-state index contributed by atoms with van der Waals surface area (Å²) in [5.74, 6) is 0.236. The fraction of sp³-hybridized carbons (Fsp3) is 0.250. The van der Waals surface area contributed by atoms with Crippen LogP contribution in [0.5, 0.6) is 0 Å². The Hall–Kier alpha value is -2.19. The Balaban J connectivity index is 1.86. The quantitative estimate of drug-likeness (QED) is 0.681. The van der Waals surface area contributed by atoms with Crippen molar-refractivity contribution in [3.8, 4) is 0 Å². The number of fused-ring (bicyclic) bond motifs is 1. The highest BCUT2D eigenvalue weighted by Crippen LogP contribution is 2.36. The predicted octanol–water partition coefficient (Wildman–Crippen LogP) is 2.57. The first kappa shape index (κ1) is 16.7. The Morgan fingerprint density at radius 3 is 2.88 bits per heavy atom. The molecule has 1 aromatic carbocycles. The number of thioether (sulfide) groups is 1. The van der Waals surface area contributed by atoms with Gasteiger partial charge in [0.2, 0.25) is 5.91 Å². The lowest BCUT2D eigenvalue weighted by Crippen LogP contribution is -2.13. The Morgan fingerprint density at radius 2 is 2.12 bits per heavy atom. The number of aromatic nitrogens is 3. The minimum absolute atomic E-state index is 0.0747. The van der Waals surface area contributed by atoms with Crippen molar-refractivity contribution in [2.24, 2.45) is 5.73 Å². The monoisotopic (exact) mass is 360 g/mol. The number of nitrogens with two attached hydrogens (primary N) is 1. The number of nitrogens with one attached hydrogen (secondary N) is 1. The number of thiazole rings is 1. The zero-order valence-corrected chi connectivity index (χ0v) is 14.8. The standard InChI is InChI=1S/C16H16N4O2S2/c1-8-12(7-13(17)21)24-16(18-8)23-9(2)14-19-11-6-4-3-5-10(11)15(22)20-14/h3-6,9H,7H2,1-2H3,(H2,17,21)(H,19,20,22).